The molecule has 0 radical (unpaired) electrons. The molecular formula is C24H28O6Si6. The largest absolute Gasteiger partial charge is 0.425 e. The van der Waals surface area contributed by atoms with Crippen LogP contribution in [0.4, 0.5) is 0 Å². The molecule has 0 aromatic heterocycles. The molecule has 0 spiro atoms. The Labute approximate surface area is 223 Å². The molecule has 6 nitrogen and oxygen atoms in total. The molecule has 0 unspecified atom stereocenters. The quantitative estimate of drug-likeness (QED) is 0.277. The summed E-state index contributed by atoms with van der Waals surface area (Å²) in [7, 11) is -11.6. The van der Waals surface area contributed by atoms with Crippen LogP contribution in [0.1, 0.15) is 0 Å². The molecule has 5 rings (SSSR count). The van der Waals surface area contributed by atoms with Crippen LogP contribution < -0.4 is 20.7 Å². The zero-order valence-electron chi connectivity index (χ0n) is 19.8. The third-order valence-corrected chi connectivity index (χ3v) is 20.8. The standard InChI is InChI=1S/C24H28O6Si6/c1-5-13-21(14-6-1)35(22-15-7-2-8-16-22)28-33-26-31-25-32-27-34-29-36(30-35,23-17-9-3-10-18-23)24-19-11-4-12-20-24/h1-20H,31-34H2. The Kier molecular flexibility index (Phi) is 8.85. The minimum atomic E-state index is -3.29. The molecule has 4 aromatic rings. The first-order valence-electron chi connectivity index (χ1n) is 11.8. The molecule has 12 heteroatoms. The van der Waals surface area contributed by atoms with E-state index >= 15 is 0 Å². The van der Waals surface area contributed by atoms with Crippen molar-refractivity contribution in [2.45, 2.75) is 0 Å². The lowest BCUT2D eigenvalue weighted by molar-refractivity contribution is 0.315. The summed E-state index contributed by atoms with van der Waals surface area (Å²) in [6.45, 7) is 0. The fourth-order valence-corrected chi connectivity index (χ4v) is 22.5. The SMILES string of the molecule is c1ccc([Si]2(c3ccccc3)O[SiH2]O[SiH2]O[SiH2]O[SiH2]O[Si](c3ccccc3)(c3ccccc3)O2)cc1. The van der Waals surface area contributed by atoms with Crippen molar-refractivity contribution in [1.82, 2.24) is 0 Å². The second kappa shape index (κ2) is 12.5. The zero-order chi connectivity index (χ0) is 24.5. The van der Waals surface area contributed by atoms with Crippen molar-refractivity contribution in [2.24, 2.45) is 0 Å². The van der Waals surface area contributed by atoms with Gasteiger partial charge in [0.15, 0.2) is 0 Å². The predicted octanol–water partition coefficient (Wildman–Crippen LogP) is -1.39. The van der Waals surface area contributed by atoms with Gasteiger partial charge in [0.05, 0.1) is 0 Å². The van der Waals surface area contributed by atoms with E-state index < -0.39 is 57.1 Å². The third kappa shape index (κ3) is 5.59. The van der Waals surface area contributed by atoms with Crippen LogP contribution >= 0.6 is 0 Å². The van der Waals surface area contributed by atoms with E-state index in [1.54, 1.807) is 0 Å². The molecule has 184 valence electrons. The normalized spacial score (nSPS) is 21.1. The summed E-state index contributed by atoms with van der Waals surface area (Å²) < 4.78 is 39.2. The van der Waals surface area contributed by atoms with Gasteiger partial charge >= 0.3 is 17.1 Å². The van der Waals surface area contributed by atoms with E-state index in [0.29, 0.717) is 0 Å². The van der Waals surface area contributed by atoms with E-state index in [0.717, 1.165) is 20.7 Å². The highest BCUT2D eigenvalue weighted by Crippen LogP contribution is 2.19. The van der Waals surface area contributed by atoms with Gasteiger partial charge in [-0.05, 0) is 20.7 Å². The van der Waals surface area contributed by atoms with Gasteiger partial charge in [0.2, 0.25) is 0 Å². The van der Waals surface area contributed by atoms with Crippen molar-refractivity contribution in [1.29, 1.82) is 0 Å². The second-order valence-electron chi connectivity index (χ2n) is 8.17. The van der Waals surface area contributed by atoms with Crippen molar-refractivity contribution < 1.29 is 24.7 Å². The lowest BCUT2D eigenvalue weighted by Crippen LogP contribution is -2.76. The van der Waals surface area contributed by atoms with E-state index in [-0.39, 0.29) is 0 Å². The highest BCUT2D eigenvalue weighted by Gasteiger charge is 2.54. The molecule has 0 bridgehead atoms. The summed E-state index contributed by atoms with van der Waals surface area (Å²) in [4.78, 5) is 0. The lowest BCUT2D eigenvalue weighted by atomic mass is 10.4. The highest BCUT2D eigenvalue weighted by atomic mass is 28.5. The molecule has 0 saturated carbocycles. The van der Waals surface area contributed by atoms with Crippen LogP contribution in [0.15, 0.2) is 121 Å². The van der Waals surface area contributed by atoms with Gasteiger partial charge in [0.1, 0.15) is 0 Å². The topological polar surface area (TPSA) is 55.4 Å². The number of rotatable bonds is 4. The molecule has 0 amide bonds. The van der Waals surface area contributed by atoms with Gasteiger partial charge < -0.3 is 24.7 Å². The maximum Gasteiger partial charge on any atom is 0.389 e. The first kappa shape index (κ1) is 25.6. The molecule has 4 aromatic carbocycles. The Hall–Kier alpha value is -2.06. The van der Waals surface area contributed by atoms with E-state index in [1.165, 1.54) is 0 Å². The van der Waals surface area contributed by atoms with Crippen LogP contribution in [0.2, 0.25) is 0 Å². The fourth-order valence-electron chi connectivity index (χ4n) is 4.26. The summed E-state index contributed by atoms with van der Waals surface area (Å²) in [6.07, 6.45) is 0. The zero-order valence-corrected chi connectivity index (χ0v) is 27.5. The molecule has 1 heterocycles. The van der Waals surface area contributed by atoms with Crippen molar-refractivity contribution in [3.8, 4) is 0 Å². The highest BCUT2D eigenvalue weighted by molar-refractivity contribution is 7.06. The summed E-state index contributed by atoms with van der Waals surface area (Å²) in [5.41, 5.74) is 0. The molecule has 1 saturated heterocycles. The van der Waals surface area contributed by atoms with E-state index in [1.807, 2.05) is 72.8 Å². The number of benzene rings is 4. The first-order chi connectivity index (χ1) is 17.8. The van der Waals surface area contributed by atoms with Gasteiger partial charge in [-0.3, -0.25) is 0 Å². The third-order valence-electron chi connectivity index (χ3n) is 5.93. The van der Waals surface area contributed by atoms with Crippen molar-refractivity contribution >= 4 is 77.9 Å². The summed E-state index contributed by atoms with van der Waals surface area (Å²) in [5.74, 6) is 0. The summed E-state index contributed by atoms with van der Waals surface area (Å²) >= 11 is 0. The average molecular weight is 581 g/mol. The average Bonchev–Trinajstić information content (AvgIpc) is 2.96. The lowest BCUT2D eigenvalue weighted by Gasteiger charge is -2.42. The van der Waals surface area contributed by atoms with Crippen molar-refractivity contribution in [3.63, 3.8) is 0 Å². The molecule has 0 atom stereocenters. The van der Waals surface area contributed by atoms with Gasteiger partial charge in [-0.25, -0.2) is 0 Å². The first-order valence-corrected chi connectivity index (χ1v) is 20.0. The molecule has 0 N–H and O–H groups in total. The Morgan fingerprint density at radius 2 is 0.639 bits per heavy atom. The van der Waals surface area contributed by atoms with Crippen LogP contribution in [-0.2, 0) is 24.7 Å². The number of hydrogen-bond donors (Lipinski definition) is 0. The molecule has 1 aliphatic heterocycles. The van der Waals surface area contributed by atoms with Gasteiger partial charge in [-0.2, -0.15) is 0 Å². The number of hydrogen-bond acceptors (Lipinski definition) is 6. The predicted molar refractivity (Wildman–Crippen MR) is 156 cm³/mol. The fraction of sp³-hybridized carbons (Fsp3) is 0. The van der Waals surface area contributed by atoms with Crippen LogP contribution in [0.3, 0.4) is 0 Å². The summed E-state index contributed by atoms with van der Waals surface area (Å²) in [5, 5.41) is 4.10. The molecule has 0 aliphatic carbocycles. The van der Waals surface area contributed by atoms with Gasteiger partial charge in [-0.15, -0.1) is 0 Å². The minimum absolute atomic E-state index is 1.02. The van der Waals surface area contributed by atoms with E-state index in [4.69, 9.17) is 24.7 Å². The monoisotopic (exact) mass is 580 g/mol. The van der Waals surface area contributed by atoms with Gasteiger partial charge in [-0.1, -0.05) is 121 Å². The van der Waals surface area contributed by atoms with Gasteiger partial charge in [0.25, 0.3) is 40.0 Å². The van der Waals surface area contributed by atoms with Crippen LogP contribution in [-0.4, -0.2) is 57.1 Å². The van der Waals surface area contributed by atoms with Crippen LogP contribution in [0.25, 0.3) is 0 Å². The van der Waals surface area contributed by atoms with Crippen LogP contribution in [0.5, 0.6) is 0 Å². The summed E-state index contributed by atoms with van der Waals surface area (Å²) in [6, 6.07) is 41.2. The molecule has 1 aliphatic rings. The maximum atomic E-state index is 7.58. The van der Waals surface area contributed by atoms with E-state index in [9.17, 15) is 0 Å². The molecular weight excluding hydrogens is 553 g/mol. The Bertz CT molecular complexity index is 1030. The van der Waals surface area contributed by atoms with Crippen molar-refractivity contribution in [3.05, 3.63) is 121 Å². The second-order valence-corrected chi connectivity index (χ2v) is 21.9. The van der Waals surface area contributed by atoms with E-state index in [2.05, 4.69) is 48.5 Å². The smallest absolute Gasteiger partial charge is 0.389 e. The maximum absolute atomic E-state index is 7.58. The van der Waals surface area contributed by atoms with Crippen LogP contribution in [0, 0.1) is 0 Å². The Morgan fingerprint density at radius 1 is 0.361 bits per heavy atom. The molecule has 36 heavy (non-hydrogen) atoms. The Balaban J connectivity index is 1.77. The minimum Gasteiger partial charge on any atom is -0.425 e. The molecule has 1 fully saturated rings. The van der Waals surface area contributed by atoms with Gasteiger partial charge in [0, 0.05) is 0 Å². The Morgan fingerprint density at radius 3 is 0.944 bits per heavy atom. The van der Waals surface area contributed by atoms with Crippen molar-refractivity contribution in [2.75, 3.05) is 0 Å².